The average molecular weight is 530 g/mol. The summed E-state index contributed by atoms with van der Waals surface area (Å²) in [5, 5.41) is 7.95. The van der Waals surface area contributed by atoms with E-state index in [2.05, 4.69) is 25.5 Å². The number of benzene rings is 1. The Bertz CT molecular complexity index is 1320. The minimum atomic E-state index is -0.443. The Morgan fingerprint density at radius 1 is 1.17 bits per heavy atom. The van der Waals surface area contributed by atoms with Crippen molar-refractivity contribution < 1.29 is 19.1 Å². The van der Waals surface area contributed by atoms with Gasteiger partial charge in [-0.1, -0.05) is 11.6 Å². The first-order chi connectivity index (χ1) is 17.3. The highest BCUT2D eigenvalue weighted by atomic mass is 35.5. The first kappa shape index (κ1) is 24.7. The lowest BCUT2D eigenvalue weighted by Crippen LogP contribution is -2.55. The summed E-state index contributed by atoms with van der Waals surface area (Å²) in [6.45, 7) is 1.69. The second kappa shape index (κ2) is 10.2. The molecule has 1 aliphatic heterocycles. The number of aromatic amines is 1. The van der Waals surface area contributed by atoms with Crippen LogP contribution < -0.4 is 10.6 Å². The van der Waals surface area contributed by atoms with Crippen LogP contribution in [0, 0.1) is 5.92 Å². The maximum atomic E-state index is 13.2. The molecule has 1 saturated carbocycles. The molecule has 0 saturated heterocycles. The summed E-state index contributed by atoms with van der Waals surface area (Å²) in [5.74, 6) is -1.22. The number of likely N-dealkylation sites (N-methyl/N-ethyl adjacent to an activating group) is 1. The van der Waals surface area contributed by atoms with E-state index >= 15 is 0 Å². The van der Waals surface area contributed by atoms with Gasteiger partial charge in [-0.15, -0.1) is 11.3 Å². The number of nitrogens with one attached hydrogen (secondary N) is 3. The SMILES string of the molecule is COC(=O)[C@H]1CC[C@@H](NC(=O)c2cc3cc(Cl)ccc3[nH]2)[C@@H](NC(=O)c2nc3c(s2)CN(C)CC3)C1. The van der Waals surface area contributed by atoms with Gasteiger partial charge in [0, 0.05) is 46.4 Å². The summed E-state index contributed by atoms with van der Waals surface area (Å²) in [6, 6.07) is 6.34. The number of esters is 1. The van der Waals surface area contributed by atoms with E-state index in [-0.39, 0.29) is 29.7 Å². The molecule has 3 N–H and O–H groups in total. The Balaban J connectivity index is 1.33. The van der Waals surface area contributed by atoms with E-state index < -0.39 is 6.04 Å². The normalized spacial score (nSPS) is 22.1. The molecule has 1 fully saturated rings. The minimum Gasteiger partial charge on any atom is -0.469 e. The summed E-state index contributed by atoms with van der Waals surface area (Å²) >= 11 is 7.48. The molecular weight excluding hydrogens is 502 g/mol. The number of methoxy groups -OCH3 is 1. The van der Waals surface area contributed by atoms with E-state index in [4.69, 9.17) is 16.3 Å². The second-order valence-electron chi connectivity index (χ2n) is 9.48. The van der Waals surface area contributed by atoms with Gasteiger partial charge in [0.15, 0.2) is 5.01 Å². The van der Waals surface area contributed by atoms with Gasteiger partial charge in [0.05, 0.1) is 24.8 Å². The smallest absolute Gasteiger partial charge is 0.308 e. The molecule has 3 atom stereocenters. The number of rotatable bonds is 5. The maximum absolute atomic E-state index is 13.2. The first-order valence-corrected chi connectivity index (χ1v) is 13.1. The molecule has 5 rings (SSSR count). The summed E-state index contributed by atoms with van der Waals surface area (Å²) in [7, 11) is 3.41. The third kappa shape index (κ3) is 5.11. The van der Waals surface area contributed by atoms with Gasteiger partial charge < -0.3 is 25.3 Å². The number of aromatic nitrogens is 2. The van der Waals surface area contributed by atoms with Gasteiger partial charge in [0.1, 0.15) is 5.69 Å². The van der Waals surface area contributed by atoms with Gasteiger partial charge in [0.2, 0.25) is 0 Å². The highest BCUT2D eigenvalue weighted by Gasteiger charge is 2.37. The fourth-order valence-corrected chi connectivity index (χ4v) is 6.28. The van der Waals surface area contributed by atoms with Crippen LogP contribution in [0.5, 0.6) is 0 Å². The molecule has 190 valence electrons. The summed E-state index contributed by atoms with van der Waals surface area (Å²) < 4.78 is 4.95. The van der Waals surface area contributed by atoms with Crippen LogP contribution in [0.25, 0.3) is 10.9 Å². The number of halogens is 1. The lowest BCUT2D eigenvalue weighted by atomic mass is 9.82. The number of nitrogens with zero attached hydrogens (tertiary/aromatic N) is 2. The van der Waals surface area contributed by atoms with Crippen LogP contribution in [0.2, 0.25) is 5.02 Å². The lowest BCUT2D eigenvalue weighted by molar-refractivity contribution is -0.146. The molecule has 2 aromatic heterocycles. The molecule has 3 heterocycles. The van der Waals surface area contributed by atoms with Gasteiger partial charge in [-0.25, -0.2) is 4.98 Å². The number of amides is 2. The topological polar surface area (TPSA) is 116 Å². The average Bonchev–Trinajstić information content (AvgIpc) is 3.48. The van der Waals surface area contributed by atoms with Crippen molar-refractivity contribution >= 4 is 51.6 Å². The van der Waals surface area contributed by atoms with E-state index in [1.807, 2.05) is 13.1 Å². The number of carbonyl (C=O) groups excluding carboxylic acids is 3. The molecule has 0 spiro atoms. The Morgan fingerprint density at radius 3 is 2.78 bits per heavy atom. The van der Waals surface area contributed by atoms with Crippen LogP contribution in [-0.2, 0) is 22.5 Å². The number of ether oxygens (including phenoxy) is 1. The largest absolute Gasteiger partial charge is 0.469 e. The highest BCUT2D eigenvalue weighted by molar-refractivity contribution is 7.13. The van der Waals surface area contributed by atoms with Crippen LogP contribution in [-0.4, -0.2) is 65.4 Å². The summed E-state index contributed by atoms with van der Waals surface area (Å²) in [5.41, 5.74) is 2.19. The quantitative estimate of drug-likeness (QED) is 0.437. The summed E-state index contributed by atoms with van der Waals surface area (Å²) in [6.07, 6.45) is 2.28. The number of fused-ring (bicyclic) bond motifs is 2. The van der Waals surface area contributed by atoms with E-state index in [1.54, 1.807) is 18.2 Å². The fraction of sp³-hybridized carbons (Fsp3) is 0.440. The van der Waals surface area contributed by atoms with E-state index in [1.165, 1.54) is 18.4 Å². The minimum absolute atomic E-state index is 0.282. The Hall–Kier alpha value is -2.95. The number of H-pyrrole nitrogens is 1. The molecule has 0 radical (unpaired) electrons. The zero-order valence-corrected chi connectivity index (χ0v) is 21.7. The predicted octanol–water partition coefficient (Wildman–Crippen LogP) is 3.14. The van der Waals surface area contributed by atoms with Crippen LogP contribution >= 0.6 is 22.9 Å². The molecule has 0 bridgehead atoms. The molecule has 1 aliphatic carbocycles. The predicted molar refractivity (Wildman–Crippen MR) is 137 cm³/mol. The molecule has 0 unspecified atom stereocenters. The third-order valence-electron chi connectivity index (χ3n) is 6.96. The van der Waals surface area contributed by atoms with Gasteiger partial charge >= 0.3 is 5.97 Å². The molecule has 2 amide bonds. The van der Waals surface area contributed by atoms with Gasteiger partial charge in [-0.2, -0.15) is 0 Å². The molecule has 9 nitrogen and oxygen atoms in total. The van der Waals surface area contributed by atoms with Crippen LogP contribution in [0.3, 0.4) is 0 Å². The van der Waals surface area contributed by atoms with Crippen molar-refractivity contribution in [1.29, 1.82) is 0 Å². The van der Waals surface area contributed by atoms with Crippen molar-refractivity contribution in [1.82, 2.24) is 25.5 Å². The Morgan fingerprint density at radius 2 is 1.97 bits per heavy atom. The van der Waals surface area contributed by atoms with Crippen LogP contribution in [0.15, 0.2) is 24.3 Å². The molecular formula is C25H28ClN5O4S. The Kier molecular flexibility index (Phi) is 7.00. The van der Waals surface area contributed by atoms with Crippen molar-refractivity contribution in [2.24, 2.45) is 5.92 Å². The molecule has 1 aromatic carbocycles. The van der Waals surface area contributed by atoms with Gasteiger partial charge in [0.25, 0.3) is 11.8 Å². The molecule has 36 heavy (non-hydrogen) atoms. The van der Waals surface area contributed by atoms with E-state index in [9.17, 15) is 14.4 Å². The number of hydrogen-bond donors (Lipinski definition) is 3. The monoisotopic (exact) mass is 529 g/mol. The van der Waals surface area contributed by atoms with Crippen molar-refractivity contribution in [2.45, 2.75) is 44.3 Å². The Labute approximate surface area is 217 Å². The van der Waals surface area contributed by atoms with Crippen LogP contribution in [0.1, 0.15) is 50.1 Å². The molecule has 2 aliphatic rings. The fourth-order valence-electron chi connectivity index (χ4n) is 5.01. The van der Waals surface area contributed by atoms with Crippen molar-refractivity contribution in [3.8, 4) is 0 Å². The van der Waals surface area contributed by atoms with Crippen LogP contribution in [0.4, 0.5) is 0 Å². The molecule has 3 aromatic rings. The van der Waals surface area contributed by atoms with Crippen molar-refractivity contribution in [2.75, 3.05) is 20.7 Å². The number of hydrogen-bond acceptors (Lipinski definition) is 7. The highest BCUT2D eigenvalue weighted by Crippen LogP contribution is 2.29. The summed E-state index contributed by atoms with van der Waals surface area (Å²) in [4.78, 5) is 49.5. The van der Waals surface area contributed by atoms with Crippen molar-refractivity contribution in [3.05, 3.63) is 50.6 Å². The first-order valence-electron chi connectivity index (χ1n) is 12.0. The van der Waals surface area contributed by atoms with E-state index in [0.29, 0.717) is 35.0 Å². The lowest BCUT2D eigenvalue weighted by Gasteiger charge is -2.35. The second-order valence-corrected chi connectivity index (χ2v) is 11.0. The van der Waals surface area contributed by atoms with E-state index in [0.717, 1.165) is 41.0 Å². The van der Waals surface area contributed by atoms with Crippen molar-refractivity contribution in [3.63, 3.8) is 0 Å². The third-order valence-corrected chi connectivity index (χ3v) is 8.28. The van der Waals surface area contributed by atoms with Gasteiger partial charge in [-0.3, -0.25) is 14.4 Å². The zero-order chi connectivity index (χ0) is 25.4. The maximum Gasteiger partial charge on any atom is 0.308 e. The number of thiazole rings is 1. The number of carbonyl (C=O) groups is 3. The molecule has 11 heteroatoms. The zero-order valence-electron chi connectivity index (χ0n) is 20.1. The standard InChI is InChI=1S/C25H28ClN5O4S/c1-31-8-7-18-21(12-31)36-24(30-18)23(33)29-19-10-13(25(34)35-2)3-5-17(19)28-22(32)20-11-14-9-15(26)4-6-16(14)27-20/h4,6,9,11,13,17,19,27H,3,5,7-8,10,12H2,1-2H3,(H,28,32)(H,29,33)/t13-,17+,19-/m0/s1. The van der Waals surface area contributed by atoms with Gasteiger partial charge in [-0.05, 0) is 50.6 Å².